The fourth-order valence-corrected chi connectivity index (χ4v) is 2.17. The first-order valence-corrected chi connectivity index (χ1v) is 6.60. The van der Waals surface area contributed by atoms with Gasteiger partial charge in [0.2, 0.25) is 0 Å². The van der Waals surface area contributed by atoms with Gasteiger partial charge >= 0.3 is 0 Å². The second-order valence-corrected chi connectivity index (χ2v) is 4.90. The topological polar surface area (TPSA) is 50.1 Å². The Labute approximate surface area is 112 Å². The summed E-state index contributed by atoms with van der Waals surface area (Å²) in [6.45, 7) is 5.53. The maximum atomic E-state index is 13.2. The van der Waals surface area contributed by atoms with E-state index in [1.165, 1.54) is 12.1 Å². The number of nitrogens with one attached hydrogen (secondary N) is 1. The lowest BCUT2D eigenvalue weighted by Gasteiger charge is -2.09. The van der Waals surface area contributed by atoms with Crippen LogP contribution in [0.15, 0.2) is 18.2 Å². The van der Waals surface area contributed by atoms with Gasteiger partial charge in [0.25, 0.3) is 0 Å². The monoisotopic (exact) mass is 265 g/mol. The number of nitrogens with zero attached hydrogens (tertiary/aromatic N) is 2. The molecule has 2 N–H and O–H groups in total. The Hall–Kier alpha value is -1.46. The van der Waals surface area contributed by atoms with Gasteiger partial charge in [-0.1, -0.05) is 13.8 Å². The van der Waals surface area contributed by atoms with Gasteiger partial charge in [0.05, 0.1) is 17.6 Å². The van der Waals surface area contributed by atoms with Gasteiger partial charge in [0, 0.05) is 31.6 Å². The lowest BCUT2D eigenvalue weighted by atomic mass is 10.3. The van der Waals surface area contributed by atoms with Gasteiger partial charge in [-0.05, 0) is 12.1 Å². The molecule has 0 bridgehead atoms. The zero-order valence-electron chi connectivity index (χ0n) is 11.4. The molecule has 0 atom stereocenters. The Morgan fingerprint density at radius 3 is 2.89 bits per heavy atom. The van der Waals surface area contributed by atoms with Crippen LogP contribution < -0.4 is 5.32 Å². The summed E-state index contributed by atoms with van der Waals surface area (Å²) in [5, 5.41) is 12.5. The van der Waals surface area contributed by atoms with Crippen LogP contribution >= 0.6 is 0 Å². The van der Waals surface area contributed by atoms with Gasteiger partial charge in [-0.3, -0.25) is 0 Å². The second-order valence-electron chi connectivity index (χ2n) is 4.90. The molecule has 0 amide bonds. The van der Waals surface area contributed by atoms with E-state index in [0.29, 0.717) is 18.1 Å². The predicted octanol–water partition coefficient (Wildman–Crippen LogP) is 1.71. The van der Waals surface area contributed by atoms with Crippen LogP contribution in [0.3, 0.4) is 0 Å². The van der Waals surface area contributed by atoms with Crippen LogP contribution in [-0.2, 0) is 13.0 Å². The molecule has 4 nitrogen and oxygen atoms in total. The lowest BCUT2D eigenvalue weighted by Crippen LogP contribution is -2.26. The molecule has 0 unspecified atom stereocenters. The van der Waals surface area contributed by atoms with Crippen molar-refractivity contribution in [2.24, 2.45) is 0 Å². The van der Waals surface area contributed by atoms with Gasteiger partial charge in [-0.15, -0.1) is 0 Å². The first-order valence-electron chi connectivity index (χ1n) is 6.60. The summed E-state index contributed by atoms with van der Waals surface area (Å²) in [6.07, 6.45) is 0.758. The molecule has 0 aliphatic carbocycles. The van der Waals surface area contributed by atoms with Gasteiger partial charge in [-0.25, -0.2) is 9.37 Å². The molecule has 0 spiro atoms. The van der Waals surface area contributed by atoms with Gasteiger partial charge in [-0.2, -0.15) is 0 Å². The zero-order chi connectivity index (χ0) is 13.8. The second kappa shape index (κ2) is 6.12. The molecule has 104 valence electrons. The molecule has 0 aliphatic rings. The fraction of sp³-hybridized carbons (Fsp3) is 0.500. The number of rotatable bonds is 6. The van der Waals surface area contributed by atoms with Crippen LogP contribution in [0.5, 0.6) is 0 Å². The van der Waals surface area contributed by atoms with Crippen LogP contribution in [0.25, 0.3) is 11.0 Å². The van der Waals surface area contributed by atoms with E-state index in [0.717, 1.165) is 24.3 Å². The maximum Gasteiger partial charge on any atom is 0.125 e. The molecule has 0 saturated carbocycles. The minimum absolute atomic E-state index is 0.0491. The average Bonchev–Trinajstić information content (AvgIpc) is 2.67. The van der Waals surface area contributed by atoms with Crippen LogP contribution in [0, 0.1) is 5.82 Å². The predicted molar refractivity (Wildman–Crippen MR) is 73.6 cm³/mol. The number of halogens is 1. The highest BCUT2D eigenvalue weighted by molar-refractivity contribution is 5.76. The number of aromatic nitrogens is 2. The van der Waals surface area contributed by atoms with Crippen molar-refractivity contribution in [2.45, 2.75) is 32.9 Å². The zero-order valence-corrected chi connectivity index (χ0v) is 11.4. The fourth-order valence-electron chi connectivity index (χ4n) is 2.17. The summed E-state index contributed by atoms with van der Waals surface area (Å²) < 4.78 is 15.2. The third kappa shape index (κ3) is 3.30. The summed E-state index contributed by atoms with van der Waals surface area (Å²) in [4.78, 5) is 4.46. The van der Waals surface area contributed by atoms with E-state index in [4.69, 9.17) is 5.11 Å². The Bertz CT molecular complexity index is 551. The van der Waals surface area contributed by atoms with Crippen molar-refractivity contribution in [3.8, 4) is 0 Å². The quantitative estimate of drug-likeness (QED) is 0.836. The van der Waals surface area contributed by atoms with E-state index in [2.05, 4.69) is 24.1 Å². The van der Waals surface area contributed by atoms with Crippen LogP contribution in [0.4, 0.5) is 4.39 Å². The number of aliphatic hydroxyl groups excluding tert-OH is 1. The maximum absolute atomic E-state index is 13.2. The van der Waals surface area contributed by atoms with Gasteiger partial charge in [0.15, 0.2) is 0 Å². The molecule has 1 heterocycles. The molecule has 0 aliphatic heterocycles. The normalized spacial score (nSPS) is 11.6. The molecule has 2 rings (SSSR count). The van der Waals surface area contributed by atoms with E-state index >= 15 is 0 Å². The van der Waals surface area contributed by atoms with Crippen molar-refractivity contribution < 1.29 is 9.50 Å². The molecular weight excluding hydrogens is 245 g/mol. The lowest BCUT2D eigenvalue weighted by molar-refractivity contribution is 0.276. The molecule has 5 heteroatoms. The molecule has 0 saturated heterocycles. The molecule has 2 aromatic rings. The average molecular weight is 265 g/mol. The highest BCUT2D eigenvalue weighted by Crippen LogP contribution is 2.17. The Kier molecular flexibility index (Phi) is 4.50. The smallest absolute Gasteiger partial charge is 0.125 e. The van der Waals surface area contributed by atoms with E-state index in [1.807, 2.05) is 4.57 Å². The standard InChI is InChI=1S/C14H20FN3O/c1-10(2)16-6-5-14-17-12-9-11(15)3-4-13(12)18(14)7-8-19/h3-4,9-10,16,19H,5-8H2,1-2H3. The number of benzene rings is 1. The summed E-state index contributed by atoms with van der Waals surface area (Å²) in [7, 11) is 0. The van der Waals surface area contributed by atoms with Crippen molar-refractivity contribution in [2.75, 3.05) is 13.2 Å². The van der Waals surface area contributed by atoms with E-state index < -0.39 is 0 Å². The van der Waals surface area contributed by atoms with E-state index in [1.54, 1.807) is 6.07 Å². The third-order valence-corrected chi connectivity index (χ3v) is 3.01. The molecule has 0 fully saturated rings. The molecule has 1 aromatic heterocycles. The first kappa shape index (κ1) is 14.0. The molecule has 0 radical (unpaired) electrons. The van der Waals surface area contributed by atoms with Crippen LogP contribution in [0.2, 0.25) is 0 Å². The molecule has 1 aromatic carbocycles. The number of fused-ring (bicyclic) bond motifs is 1. The largest absolute Gasteiger partial charge is 0.395 e. The van der Waals surface area contributed by atoms with Gasteiger partial charge in [0.1, 0.15) is 11.6 Å². The Morgan fingerprint density at radius 2 is 2.21 bits per heavy atom. The van der Waals surface area contributed by atoms with Crippen molar-refractivity contribution in [3.63, 3.8) is 0 Å². The molecule has 19 heavy (non-hydrogen) atoms. The first-order chi connectivity index (χ1) is 9.11. The van der Waals surface area contributed by atoms with Crippen molar-refractivity contribution >= 4 is 11.0 Å². The Morgan fingerprint density at radius 1 is 1.42 bits per heavy atom. The number of aliphatic hydroxyl groups is 1. The minimum atomic E-state index is -0.284. The van der Waals surface area contributed by atoms with Crippen LogP contribution in [-0.4, -0.2) is 33.9 Å². The number of imidazole rings is 1. The number of hydrogen-bond donors (Lipinski definition) is 2. The summed E-state index contributed by atoms with van der Waals surface area (Å²) in [5.74, 6) is 0.593. The van der Waals surface area contributed by atoms with Crippen molar-refractivity contribution in [1.82, 2.24) is 14.9 Å². The van der Waals surface area contributed by atoms with Crippen molar-refractivity contribution in [1.29, 1.82) is 0 Å². The number of hydrogen-bond acceptors (Lipinski definition) is 3. The summed E-state index contributed by atoms with van der Waals surface area (Å²) in [6, 6.07) is 5.00. The summed E-state index contributed by atoms with van der Waals surface area (Å²) >= 11 is 0. The third-order valence-electron chi connectivity index (χ3n) is 3.01. The minimum Gasteiger partial charge on any atom is -0.395 e. The van der Waals surface area contributed by atoms with Gasteiger partial charge < -0.3 is 15.0 Å². The van der Waals surface area contributed by atoms with Crippen LogP contribution in [0.1, 0.15) is 19.7 Å². The van der Waals surface area contributed by atoms with E-state index in [-0.39, 0.29) is 12.4 Å². The highest BCUT2D eigenvalue weighted by atomic mass is 19.1. The molecular formula is C14H20FN3O. The van der Waals surface area contributed by atoms with Crippen molar-refractivity contribution in [3.05, 3.63) is 29.8 Å². The highest BCUT2D eigenvalue weighted by Gasteiger charge is 2.10. The summed E-state index contributed by atoms with van der Waals surface area (Å²) in [5.41, 5.74) is 1.52. The SMILES string of the molecule is CC(C)NCCc1nc2cc(F)ccc2n1CCO. The Balaban J connectivity index is 2.27. The van der Waals surface area contributed by atoms with E-state index in [9.17, 15) is 4.39 Å².